The van der Waals surface area contributed by atoms with Gasteiger partial charge in [-0.25, -0.2) is 4.39 Å². The van der Waals surface area contributed by atoms with E-state index in [9.17, 15) is 18.8 Å². The number of nitrogens with one attached hydrogen (secondary N) is 2. The quantitative estimate of drug-likeness (QED) is 0.378. The highest BCUT2D eigenvalue weighted by Crippen LogP contribution is 2.15. The van der Waals surface area contributed by atoms with Crippen LogP contribution in [0.3, 0.4) is 0 Å². The van der Waals surface area contributed by atoms with E-state index in [0.717, 1.165) is 24.9 Å². The second kappa shape index (κ2) is 15.3. The standard InChI is InChI=1S/C29H39FN4O5/c1-31-28(36)25(16-22-12-7-8-14-24(22)30)34(3)29(37)26(19-38-17-21-10-5-4-6-11-21)33(2)27(35)20-39-18-23-13-9-15-32-23/h4-8,10-12,14,23,25-26,32H,9,13,15-20H2,1-3H3,(H,31,36)/t23-,25+,26+/m0/s1. The number of halogens is 1. The number of carbonyl (C=O) groups excluding carboxylic acids is 3. The SMILES string of the molecule is CNC(=O)[C@@H](Cc1ccccc1F)N(C)C(=O)[C@@H](COCc1ccccc1)N(C)C(=O)COC[C@@H]1CCCN1. The van der Waals surface area contributed by atoms with Crippen LogP contribution in [0.5, 0.6) is 0 Å². The van der Waals surface area contributed by atoms with Gasteiger partial charge in [-0.2, -0.15) is 0 Å². The molecule has 212 valence electrons. The van der Waals surface area contributed by atoms with Gasteiger partial charge in [0.25, 0.3) is 0 Å². The van der Waals surface area contributed by atoms with Gasteiger partial charge in [-0.15, -0.1) is 0 Å². The van der Waals surface area contributed by atoms with Gasteiger partial charge in [0.2, 0.25) is 17.7 Å². The Kier molecular flexibility index (Phi) is 11.9. The number of hydrogen-bond acceptors (Lipinski definition) is 6. The monoisotopic (exact) mass is 542 g/mol. The molecule has 1 heterocycles. The molecule has 0 spiro atoms. The average Bonchev–Trinajstić information content (AvgIpc) is 3.47. The molecule has 1 aliphatic heterocycles. The molecule has 1 fully saturated rings. The second-order valence-corrected chi connectivity index (χ2v) is 9.70. The topological polar surface area (TPSA) is 100 Å². The van der Waals surface area contributed by atoms with Crippen LogP contribution in [0.2, 0.25) is 0 Å². The third-order valence-electron chi connectivity index (χ3n) is 6.98. The predicted octanol–water partition coefficient (Wildman–Crippen LogP) is 1.75. The van der Waals surface area contributed by atoms with E-state index in [1.54, 1.807) is 18.2 Å². The number of ether oxygens (including phenoxy) is 2. The predicted molar refractivity (Wildman–Crippen MR) is 145 cm³/mol. The molecule has 3 amide bonds. The maximum Gasteiger partial charge on any atom is 0.249 e. The average molecular weight is 543 g/mol. The first-order valence-corrected chi connectivity index (χ1v) is 13.2. The maximum absolute atomic E-state index is 14.4. The minimum absolute atomic E-state index is 0.0264. The zero-order valence-electron chi connectivity index (χ0n) is 22.9. The van der Waals surface area contributed by atoms with Crippen molar-refractivity contribution in [3.8, 4) is 0 Å². The molecule has 0 bridgehead atoms. The van der Waals surface area contributed by atoms with Gasteiger partial charge in [0.15, 0.2) is 0 Å². The van der Waals surface area contributed by atoms with E-state index in [4.69, 9.17) is 9.47 Å². The van der Waals surface area contributed by atoms with Crippen LogP contribution in [0.1, 0.15) is 24.0 Å². The summed E-state index contributed by atoms with van der Waals surface area (Å²) in [6, 6.07) is 13.8. The third-order valence-corrected chi connectivity index (χ3v) is 6.98. The lowest BCUT2D eigenvalue weighted by molar-refractivity contribution is -0.151. The Bertz CT molecular complexity index is 1080. The fourth-order valence-electron chi connectivity index (χ4n) is 4.51. The molecule has 0 saturated carbocycles. The van der Waals surface area contributed by atoms with Gasteiger partial charge < -0.3 is 29.9 Å². The van der Waals surface area contributed by atoms with Crippen molar-refractivity contribution in [3.05, 3.63) is 71.5 Å². The van der Waals surface area contributed by atoms with Gasteiger partial charge in [-0.1, -0.05) is 48.5 Å². The van der Waals surface area contributed by atoms with E-state index >= 15 is 0 Å². The number of nitrogens with zero attached hydrogens (tertiary/aromatic N) is 2. The lowest BCUT2D eigenvalue weighted by Crippen LogP contribution is -2.56. The molecule has 1 aliphatic rings. The Morgan fingerprint density at radius 2 is 1.74 bits per heavy atom. The van der Waals surface area contributed by atoms with Crippen LogP contribution in [0, 0.1) is 5.82 Å². The minimum Gasteiger partial charge on any atom is -0.374 e. The molecule has 0 radical (unpaired) electrons. The molecule has 0 unspecified atom stereocenters. The Morgan fingerprint density at radius 3 is 2.41 bits per heavy atom. The van der Waals surface area contributed by atoms with Crippen LogP contribution in [0.25, 0.3) is 0 Å². The van der Waals surface area contributed by atoms with Crippen molar-refractivity contribution in [2.24, 2.45) is 0 Å². The molecule has 2 aromatic rings. The van der Waals surface area contributed by atoms with Crippen molar-refractivity contribution in [3.63, 3.8) is 0 Å². The zero-order chi connectivity index (χ0) is 28.2. The molecule has 1 saturated heterocycles. The Hall–Kier alpha value is -3.34. The second-order valence-electron chi connectivity index (χ2n) is 9.70. The van der Waals surface area contributed by atoms with Crippen molar-refractivity contribution in [1.29, 1.82) is 0 Å². The molecule has 2 aromatic carbocycles. The minimum atomic E-state index is -1.02. The molecular formula is C29H39FN4O5. The van der Waals surface area contributed by atoms with E-state index in [-0.39, 0.29) is 38.2 Å². The number of likely N-dealkylation sites (N-methyl/N-ethyl adjacent to an activating group) is 3. The van der Waals surface area contributed by atoms with Crippen molar-refractivity contribution < 1.29 is 28.2 Å². The Morgan fingerprint density at radius 1 is 1.03 bits per heavy atom. The van der Waals surface area contributed by atoms with Crippen LogP contribution in [0.4, 0.5) is 4.39 Å². The Labute approximate surface area is 229 Å². The smallest absolute Gasteiger partial charge is 0.249 e. The van der Waals surface area contributed by atoms with Crippen molar-refractivity contribution in [2.45, 2.75) is 44.0 Å². The normalized spacial score (nSPS) is 16.4. The molecule has 3 atom stereocenters. The molecule has 9 nitrogen and oxygen atoms in total. The van der Waals surface area contributed by atoms with E-state index in [1.807, 2.05) is 30.3 Å². The van der Waals surface area contributed by atoms with Crippen molar-refractivity contribution in [1.82, 2.24) is 20.4 Å². The van der Waals surface area contributed by atoms with Crippen LogP contribution >= 0.6 is 0 Å². The van der Waals surface area contributed by atoms with Gasteiger partial charge in [0, 0.05) is 33.6 Å². The fraction of sp³-hybridized carbons (Fsp3) is 0.483. The van der Waals surface area contributed by atoms with Gasteiger partial charge in [0.05, 0.1) is 19.8 Å². The fourth-order valence-corrected chi connectivity index (χ4v) is 4.51. The largest absolute Gasteiger partial charge is 0.374 e. The van der Waals surface area contributed by atoms with Gasteiger partial charge in [-0.3, -0.25) is 14.4 Å². The first-order valence-electron chi connectivity index (χ1n) is 13.2. The summed E-state index contributed by atoms with van der Waals surface area (Å²) < 4.78 is 25.9. The van der Waals surface area contributed by atoms with Crippen molar-refractivity contribution in [2.75, 3.05) is 47.5 Å². The zero-order valence-corrected chi connectivity index (χ0v) is 22.9. The van der Waals surface area contributed by atoms with Gasteiger partial charge in [0.1, 0.15) is 24.5 Å². The van der Waals surface area contributed by atoms with E-state index in [0.29, 0.717) is 12.2 Å². The number of rotatable bonds is 14. The highest BCUT2D eigenvalue weighted by atomic mass is 19.1. The number of benzene rings is 2. The summed E-state index contributed by atoms with van der Waals surface area (Å²) in [5.74, 6) is -1.79. The summed E-state index contributed by atoms with van der Waals surface area (Å²) >= 11 is 0. The third kappa shape index (κ3) is 8.84. The van der Waals surface area contributed by atoms with E-state index < -0.39 is 29.7 Å². The number of amides is 3. The Balaban J connectivity index is 1.73. The maximum atomic E-state index is 14.4. The highest BCUT2D eigenvalue weighted by Gasteiger charge is 2.35. The van der Waals surface area contributed by atoms with Gasteiger partial charge >= 0.3 is 0 Å². The van der Waals surface area contributed by atoms with Crippen LogP contribution in [-0.2, 0) is 36.9 Å². The summed E-state index contributed by atoms with van der Waals surface area (Å²) in [4.78, 5) is 42.2. The molecule has 2 N–H and O–H groups in total. The molecule has 0 aromatic heterocycles. The summed E-state index contributed by atoms with van der Waals surface area (Å²) in [6.45, 7) is 1.31. The number of hydrogen-bond donors (Lipinski definition) is 2. The lowest BCUT2D eigenvalue weighted by Gasteiger charge is -2.34. The summed E-state index contributed by atoms with van der Waals surface area (Å²) in [5.41, 5.74) is 1.22. The lowest BCUT2D eigenvalue weighted by atomic mass is 10.0. The van der Waals surface area contributed by atoms with Crippen LogP contribution in [-0.4, -0.2) is 93.2 Å². The molecule has 0 aliphatic carbocycles. The van der Waals surface area contributed by atoms with E-state index in [2.05, 4.69) is 10.6 Å². The summed E-state index contributed by atoms with van der Waals surface area (Å²) in [7, 11) is 4.46. The molecule has 3 rings (SSSR count). The molecule has 39 heavy (non-hydrogen) atoms. The molecular weight excluding hydrogens is 503 g/mol. The highest BCUT2D eigenvalue weighted by molar-refractivity contribution is 5.92. The molecule has 10 heteroatoms. The summed E-state index contributed by atoms with van der Waals surface area (Å²) in [5, 5.41) is 5.87. The van der Waals surface area contributed by atoms with Crippen LogP contribution < -0.4 is 10.6 Å². The van der Waals surface area contributed by atoms with Gasteiger partial charge in [-0.05, 0) is 36.6 Å². The van der Waals surface area contributed by atoms with E-state index in [1.165, 1.54) is 37.0 Å². The first-order chi connectivity index (χ1) is 18.8. The summed E-state index contributed by atoms with van der Waals surface area (Å²) in [6.07, 6.45) is 2.04. The first kappa shape index (κ1) is 30.2. The van der Waals surface area contributed by atoms with Crippen molar-refractivity contribution >= 4 is 17.7 Å². The number of carbonyl (C=O) groups is 3. The van der Waals surface area contributed by atoms with Crippen LogP contribution in [0.15, 0.2) is 54.6 Å².